The SMILES string of the molecule is COC1CN(c2cnc(CN)cn2)CC1OC. The molecule has 1 aromatic rings. The van der Waals surface area contributed by atoms with Gasteiger partial charge in [-0.05, 0) is 0 Å². The first-order valence-corrected chi connectivity index (χ1v) is 5.60. The first-order chi connectivity index (χ1) is 8.28. The minimum atomic E-state index is 0.0796. The van der Waals surface area contributed by atoms with E-state index < -0.39 is 0 Å². The van der Waals surface area contributed by atoms with Crippen molar-refractivity contribution in [2.24, 2.45) is 5.73 Å². The fourth-order valence-corrected chi connectivity index (χ4v) is 2.00. The lowest BCUT2D eigenvalue weighted by atomic mass is 10.3. The quantitative estimate of drug-likeness (QED) is 0.782. The van der Waals surface area contributed by atoms with Gasteiger partial charge in [-0.3, -0.25) is 4.98 Å². The van der Waals surface area contributed by atoms with E-state index in [4.69, 9.17) is 15.2 Å². The van der Waals surface area contributed by atoms with Crippen molar-refractivity contribution in [3.63, 3.8) is 0 Å². The Morgan fingerprint density at radius 1 is 1.24 bits per heavy atom. The number of ether oxygens (including phenoxy) is 2. The summed E-state index contributed by atoms with van der Waals surface area (Å²) in [4.78, 5) is 10.7. The van der Waals surface area contributed by atoms with Gasteiger partial charge in [-0.25, -0.2) is 4.98 Å². The summed E-state index contributed by atoms with van der Waals surface area (Å²) in [6.45, 7) is 1.95. The highest BCUT2D eigenvalue weighted by atomic mass is 16.5. The van der Waals surface area contributed by atoms with Gasteiger partial charge in [0, 0.05) is 33.9 Å². The molecule has 0 aliphatic carbocycles. The Morgan fingerprint density at radius 3 is 2.29 bits per heavy atom. The zero-order valence-electron chi connectivity index (χ0n) is 10.2. The number of nitrogens with two attached hydrogens (primary N) is 1. The van der Waals surface area contributed by atoms with Gasteiger partial charge < -0.3 is 20.1 Å². The van der Waals surface area contributed by atoms with Crippen molar-refractivity contribution in [1.29, 1.82) is 0 Å². The molecule has 0 aromatic carbocycles. The highest BCUT2D eigenvalue weighted by molar-refractivity contribution is 5.38. The Hall–Kier alpha value is -1.24. The van der Waals surface area contributed by atoms with Gasteiger partial charge in [0.05, 0.1) is 18.1 Å². The minimum absolute atomic E-state index is 0.0796. The van der Waals surface area contributed by atoms with Crippen LogP contribution in [0.1, 0.15) is 5.69 Å². The van der Waals surface area contributed by atoms with Crippen LogP contribution in [0, 0.1) is 0 Å². The van der Waals surface area contributed by atoms with E-state index in [0.717, 1.165) is 24.6 Å². The van der Waals surface area contributed by atoms with E-state index in [9.17, 15) is 0 Å². The molecule has 1 fully saturated rings. The lowest BCUT2D eigenvalue weighted by Gasteiger charge is -2.16. The maximum absolute atomic E-state index is 5.48. The summed E-state index contributed by atoms with van der Waals surface area (Å²) in [5.74, 6) is 0.837. The van der Waals surface area contributed by atoms with Crippen LogP contribution in [-0.4, -0.2) is 49.5 Å². The molecule has 2 unspecified atom stereocenters. The summed E-state index contributed by atoms with van der Waals surface area (Å²) in [5, 5.41) is 0. The molecule has 0 spiro atoms. The summed E-state index contributed by atoms with van der Waals surface area (Å²) in [6, 6.07) is 0. The number of nitrogens with zero attached hydrogens (tertiary/aromatic N) is 3. The predicted octanol–water partition coefficient (Wildman–Crippen LogP) is -0.215. The third-order valence-corrected chi connectivity index (χ3v) is 3.05. The Kier molecular flexibility index (Phi) is 3.88. The Morgan fingerprint density at radius 2 is 1.88 bits per heavy atom. The molecule has 0 radical (unpaired) electrons. The van der Waals surface area contributed by atoms with Crippen LogP contribution in [-0.2, 0) is 16.0 Å². The molecule has 0 saturated carbocycles. The van der Waals surface area contributed by atoms with Gasteiger partial charge in [0.2, 0.25) is 0 Å². The molecule has 2 N–H and O–H groups in total. The van der Waals surface area contributed by atoms with Crippen LogP contribution in [0.3, 0.4) is 0 Å². The first-order valence-electron chi connectivity index (χ1n) is 5.60. The smallest absolute Gasteiger partial charge is 0.147 e. The van der Waals surface area contributed by atoms with E-state index in [1.165, 1.54) is 0 Å². The molecule has 1 aromatic heterocycles. The molecule has 6 heteroatoms. The summed E-state index contributed by atoms with van der Waals surface area (Å²) >= 11 is 0. The molecule has 1 saturated heterocycles. The van der Waals surface area contributed by atoms with E-state index in [2.05, 4.69) is 14.9 Å². The van der Waals surface area contributed by atoms with E-state index in [1.54, 1.807) is 26.6 Å². The van der Waals surface area contributed by atoms with Crippen molar-refractivity contribution >= 4 is 5.82 Å². The molecule has 94 valence electrons. The number of hydrogen-bond acceptors (Lipinski definition) is 6. The summed E-state index contributed by atoms with van der Waals surface area (Å²) < 4.78 is 10.8. The van der Waals surface area contributed by atoms with Gasteiger partial charge in [0.1, 0.15) is 18.0 Å². The Balaban J connectivity index is 2.07. The van der Waals surface area contributed by atoms with Gasteiger partial charge >= 0.3 is 0 Å². The number of methoxy groups -OCH3 is 2. The molecular weight excluding hydrogens is 220 g/mol. The van der Waals surface area contributed by atoms with Gasteiger partial charge in [-0.15, -0.1) is 0 Å². The molecule has 2 atom stereocenters. The van der Waals surface area contributed by atoms with Crippen molar-refractivity contribution in [3.05, 3.63) is 18.1 Å². The number of hydrogen-bond donors (Lipinski definition) is 1. The fraction of sp³-hybridized carbons (Fsp3) is 0.636. The Bertz CT molecular complexity index is 345. The van der Waals surface area contributed by atoms with Crippen LogP contribution < -0.4 is 10.6 Å². The topological polar surface area (TPSA) is 73.5 Å². The largest absolute Gasteiger partial charge is 0.377 e. The maximum Gasteiger partial charge on any atom is 0.147 e. The molecular formula is C11H18N4O2. The lowest BCUT2D eigenvalue weighted by Crippen LogP contribution is -2.27. The first kappa shape index (κ1) is 12.2. The van der Waals surface area contributed by atoms with Crippen molar-refractivity contribution in [3.8, 4) is 0 Å². The van der Waals surface area contributed by atoms with Crippen molar-refractivity contribution in [2.75, 3.05) is 32.2 Å². The lowest BCUT2D eigenvalue weighted by molar-refractivity contribution is -0.00461. The van der Waals surface area contributed by atoms with Gasteiger partial charge in [0.25, 0.3) is 0 Å². The number of aromatic nitrogens is 2. The molecule has 0 amide bonds. The maximum atomic E-state index is 5.48. The van der Waals surface area contributed by atoms with E-state index in [1.807, 2.05) is 0 Å². The molecule has 6 nitrogen and oxygen atoms in total. The van der Waals surface area contributed by atoms with Crippen LogP contribution >= 0.6 is 0 Å². The average Bonchev–Trinajstić information content (AvgIpc) is 2.82. The monoisotopic (exact) mass is 238 g/mol. The molecule has 0 bridgehead atoms. The van der Waals surface area contributed by atoms with Crippen molar-refractivity contribution in [1.82, 2.24) is 9.97 Å². The second-order valence-corrected chi connectivity index (χ2v) is 4.02. The standard InChI is InChI=1S/C11H18N4O2/c1-16-9-6-15(7-10(9)17-2)11-5-13-8(3-12)4-14-11/h4-5,9-10H,3,6-7,12H2,1-2H3. The summed E-state index contributed by atoms with van der Waals surface area (Å²) in [5.41, 5.74) is 6.28. The van der Waals surface area contributed by atoms with Crippen molar-refractivity contribution in [2.45, 2.75) is 18.8 Å². The van der Waals surface area contributed by atoms with E-state index >= 15 is 0 Å². The average molecular weight is 238 g/mol. The van der Waals surface area contributed by atoms with Crippen molar-refractivity contribution < 1.29 is 9.47 Å². The van der Waals surface area contributed by atoms with Crippen LogP contribution in [0.4, 0.5) is 5.82 Å². The second kappa shape index (κ2) is 5.39. The molecule has 1 aliphatic rings. The third-order valence-electron chi connectivity index (χ3n) is 3.05. The molecule has 2 heterocycles. The fourth-order valence-electron chi connectivity index (χ4n) is 2.00. The van der Waals surface area contributed by atoms with Crippen LogP contribution in [0.2, 0.25) is 0 Å². The van der Waals surface area contributed by atoms with E-state index in [-0.39, 0.29) is 12.2 Å². The predicted molar refractivity (Wildman–Crippen MR) is 63.7 cm³/mol. The van der Waals surface area contributed by atoms with Crippen LogP contribution in [0.5, 0.6) is 0 Å². The minimum Gasteiger partial charge on any atom is -0.377 e. The zero-order chi connectivity index (χ0) is 12.3. The number of anilines is 1. The Labute approximate surface area is 101 Å². The molecule has 1 aliphatic heterocycles. The van der Waals surface area contributed by atoms with Gasteiger partial charge in [0.15, 0.2) is 0 Å². The van der Waals surface area contributed by atoms with Gasteiger partial charge in [-0.1, -0.05) is 0 Å². The normalized spacial score (nSPS) is 24.3. The number of rotatable bonds is 4. The molecule has 2 rings (SSSR count). The molecule has 17 heavy (non-hydrogen) atoms. The van der Waals surface area contributed by atoms with Gasteiger partial charge in [-0.2, -0.15) is 0 Å². The van der Waals surface area contributed by atoms with Crippen LogP contribution in [0.25, 0.3) is 0 Å². The highest BCUT2D eigenvalue weighted by Gasteiger charge is 2.33. The zero-order valence-corrected chi connectivity index (χ0v) is 10.2. The highest BCUT2D eigenvalue weighted by Crippen LogP contribution is 2.20. The van der Waals surface area contributed by atoms with E-state index in [0.29, 0.717) is 6.54 Å². The van der Waals surface area contributed by atoms with Crippen LogP contribution in [0.15, 0.2) is 12.4 Å². The third kappa shape index (κ3) is 2.54. The summed E-state index contributed by atoms with van der Waals surface area (Å²) in [7, 11) is 3.40. The summed E-state index contributed by atoms with van der Waals surface area (Å²) in [6.07, 6.45) is 3.61. The second-order valence-electron chi connectivity index (χ2n) is 4.02.